The molecule has 0 bridgehead atoms. The SMILES string of the molecule is O=C(O)C1(C(F)(F)F)CCN(Cc2cnc(-c3ccccc3)[nH]2)C1. The smallest absolute Gasteiger partial charge is 0.406 e. The molecule has 2 N–H and O–H groups in total. The van der Waals surface area contributed by atoms with Crippen LogP contribution in [0.3, 0.4) is 0 Å². The van der Waals surface area contributed by atoms with Crippen LogP contribution in [0.15, 0.2) is 36.5 Å². The molecule has 2 heterocycles. The lowest BCUT2D eigenvalue weighted by Gasteiger charge is -2.27. The molecule has 24 heavy (non-hydrogen) atoms. The number of aromatic nitrogens is 2. The van der Waals surface area contributed by atoms with E-state index in [2.05, 4.69) is 9.97 Å². The highest BCUT2D eigenvalue weighted by Crippen LogP contribution is 2.45. The van der Waals surface area contributed by atoms with Crippen LogP contribution in [-0.2, 0) is 11.3 Å². The van der Waals surface area contributed by atoms with Crippen LogP contribution in [0.2, 0.25) is 0 Å². The molecule has 1 unspecified atom stereocenters. The van der Waals surface area contributed by atoms with Gasteiger partial charge in [-0.25, -0.2) is 4.98 Å². The molecule has 2 aromatic rings. The predicted molar refractivity (Wildman–Crippen MR) is 80.0 cm³/mol. The van der Waals surface area contributed by atoms with Crippen molar-refractivity contribution in [2.45, 2.75) is 19.1 Å². The second-order valence-electron chi connectivity index (χ2n) is 5.97. The summed E-state index contributed by atoms with van der Waals surface area (Å²) in [5, 5.41) is 9.07. The molecule has 0 saturated carbocycles. The van der Waals surface area contributed by atoms with Crippen LogP contribution in [0, 0.1) is 5.41 Å². The molecule has 1 fully saturated rings. The van der Waals surface area contributed by atoms with Gasteiger partial charge in [-0.2, -0.15) is 13.2 Å². The van der Waals surface area contributed by atoms with Gasteiger partial charge >= 0.3 is 12.1 Å². The molecule has 0 amide bonds. The van der Waals surface area contributed by atoms with Gasteiger partial charge in [-0.1, -0.05) is 30.3 Å². The number of likely N-dealkylation sites (tertiary alicyclic amines) is 1. The number of imidazole rings is 1. The summed E-state index contributed by atoms with van der Waals surface area (Å²) in [6, 6.07) is 9.35. The van der Waals surface area contributed by atoms with Crippen molar-refractivity contribution in [1.29, 1.82) is 0 Å². The summed E-state index contributed by atoms with van der Waals surface area (Å²) in [6.45, 7) is -0.276. The molecule has 1 aromatic carbocycles. The second kappa shape index (κ2) is 5.94. The summed E-state index contributed by atoms with van der Waals surface area (Å²) in [5.74, 6) is -1.18. The molecule has 3 rings (SSSR count). The van der Waals surface area contributed by atoms with E-state index in [-0.39, 0.29) is 13.1 Å². The van der Waals surface area contributed by atoms with Gasteiger partial charge in [0.25, 0.3) is 0 Å². The largest absolute Gasteiger partial charge is 0.481 e. The molecule has 0 aliphatic carbocycles. The van der Waals surface area contributed by atoms with Crippen LogP contribution in [0.4, 0.5) is 13.2 Å². The molecule has 1 aliphatic rings. The number of benzene rings is 1. The van der Waals surface area contributed by atoms with Crippen LogP contribution >= 0.6 is 0 Å². The van der Waals surface area contributed by atoms with E-state index in [1.807, 2.05) is 30.3 Å². The van der Waals surface area contributed by atoms with E-state index < -0.39 is 30.5 Å². The van der Waals surface area contributed by atoms with Crippen LogP contribution in [0.25, 0.3) is 11.4 Å². The third-order valence-corrected chi connectivity index (χ3v) is 4.37. The van der Waals surface area contributed by atoms with Gasteiger partial charge in [-0.15, -0.1) is 0 Å². The van der Waals surface area contributed by atoms with E-state index in [9.17, 15) is 18.0 Å². The summed E-state index contributed by atoms with van der Waals surface area (Å²) in [5.41, 5.74) is -1.16. The van der Waals surface area contributed by atoms with Gasteiger partial charge in [0.1, 0.15) is 5.82 Å². The minimum Gasteiger partial charge on any atom is -0.481 e. The average Bonchev–Trinajstić information content (AvgIpc) is 3.16. The number of hydrogen-bond donors (Lipinski definition) is 2. The molecule has 1 aromatic heterocycles. The zero-order chi connectivity index (χ0) is 17.4. The van der Waals surface area contributed by atoms with Crippen molar-refractivity contribution in [2.75, 3.05) is 13.1 Å². The first-order valence-corrected chi connectivity index (χ1v) is 7.44. The number of H-pyrrole nitrogens is 1. The Hall–Kier alpha value is -2.35. The Labute approximate surface area is 136 Å². The molecule has 1 aliphatic heterocycles. The third kappa shape index (κ3) is 2.89. The normalized spacial score (nSPS) is 22.0. The fraction of sp³-hybridized carbons (Fsp3) is 0.375. The Kier molecular flexibility index (Phi) is 4.08. The summed E-state index contributed by atoms with van der Waals surface area (Å²) in [7, 11) is 0. The number of carboxylic acid groups (broad SMARTS) is 1. The lowest BCUT2D eigenvalue weighted by Crippen LogP contribution is -2.47. The first-order chi connectivity index (χ1) is 11.3. The first-order valence-electron chi connectivity index (χ1n) is 7.44. The highest BCUT2D eigenvalue weighted by molar-refractivity contribution is 5.76. The Morgan fingerprint density at radius 1 is 1.33 bits per heavy atom. The van der Waals surface area contributed by atoms with Crippen molar-refractivity contribution >= 4 is 5.97 Å². The van der Waals surface area contributed by atoms with Gasteiger partial charge in [-0.3, -0.25) is 9.69 Å². The van der Waals surface area contributed by atoms with Crippen LogP contribution in [0.5, 0.6) is 0 Å². The standard InChI is InChI=1S/C16H16F3N3O2/c17-16(18,19)15(14(23)24)6-7-22(10-15)9-12-8-20-13(21-12)11-4-2-1-3-5-11/h1-5,8H,6-7,9-10H2,(H,20,21)(H,23,24). The molecule has 0 spiro atoms. The van der Waals surface area contributed by atoms with E-state index in [0.29, 0.717) is 11.5 Å². The van der Waals surface area contributed by atoms with E-state index in [4.69, 9.17) is 5.11 Å². The van der Waals surface area contributed by atoms with Crippen molar-refractivity contribution in [3.05, 3.63) is 42.2 Å². The van der Waals surface area contributed by atoms with Crippen molar-refractivity contribution in [1.82, 2.24) is 14.9 Å². The van der Waals surface area contributed by atoms with Crippen molar-refractivity contribution < 1.29 is 23.1 Å². The van der Waals surface area contributed by atoms with Crippen molar-refractivity contribution in [3.63, 3.8) is 0 Å². The molecule has 0 radical (unpaired) electrons. The summed E-state index contributed by atoms with van der Waals surface area (Å²) >= 11 is 0. The molecular formula is C16H16F3N3O2. The fourth-order valence-electron chi connectivity index (χ4n) is 2.97. The minimum absolute atomic E-state index is 0.0749. The van der Waals surface area contributed by atoms with E-state index in [0.717, 1.165) is 5.56 Å². The number of aromatic amines is 1. The number of carbonyl (C=O) groups is 1. The zero-order valence-electron chi connectivity index (χ0n) is 12.7. The Morgan fingerprint density at radius 2 is 2.04 bits per heavy atom. The minimum atomic E-state index is -4.77. The summed E-state index contributed by atoms with van der Waals surface area (Å²) < 4.78 is 39.5. The monoisotopic (exact) mass is 339 g/mol. The number of rotatable bonds is 4. The topological polar surface area (TPSA) is 69.2 Å². The lowest BCUT2D eigenvalue weighted by atomic mass is 9.86. The number of halogens is 3. The van der Waals surface area contributed by atoms with Crippen LogP contribution in [-0.4, -0.2) is 45.2 Å². The number of hydrogen-bond acceptors (Lipinski definition) is 3. The number of nitrogens with zero attached hydrogens (tertiary/aromatic N) is 2. The molecule has 128 valence electrons. The number of carboxylic acids is 1. The maximum absolute atomic E-state index is 13.2. The van der Waals surface area contributed by atoms with E-state index in [1.165, 1.54) is 4.90 Å². The van der Waals surface area contributed by atoms with E-state index in [1.54, 1.807) is 6.20 Å². The van der Waals surface area contributed by atoms with Gasteiger partial charge in [0.2, 0.25) is 0 Å². The Bertz CT molecular complexity index is 730. The van der Waals surface area contributed by atoms with Crippen LogP contribution in [0.1, 0.15) is 12.1 Å². The Balaban J connectivity index is 1.72. The van der Waals surface area contributed by atoms with Crippen molar-refractivity contribution in [2.24, 2.45) is 5.41 Å². The summed E-state index contributed by atoms with van der Waals surface area (Å²) in [6.07, 6.45) is -3.64. The van der Waals surface area contributed by atoms with Crippen LogP contribution < -0.4 is 0 Å². The second-order valence-corrected chi connectivity index (χ2v) is 5.97. The predicted octanol–water partition coefficient (Wildman–Crippen LogP) is 2.92. The summed E-state index contributed by atoms with van der Waals surface area (Å²) in [4.78, 5) is 20.0. The third-order valence-electron chi connectivity index (χ3n) is 4.37. The van der Waals surface area contributed by atoms with E-state index >= 15 is 0 Å². The maximum atomic E-state index is 13.2. The first kappa shape index (κ1) is 16.5. The van der Waals surface area contributed by atoms with Gasteiger partial charge in [0, 0.05) is 37.1 Å². The quantitative estimate of drug-likeness (QED) is 0.899. The molecule has 8 heteroatoms. The highest BCUT2D eigenvalue weighted by atomic mass is 19.4. The molecule has 1 atom stereocenters. The molecule has 5 nitrogen and oxygen atoms in total. The zero-order valence-corrected chi connectivity index (χ0v) is 12.7. The molecular weight excluding hydrogens is 323 g/mol. The maximum Gasteiger partial charge on any atom is 0.406 e. The highest BCUT2D eigenvalue weighted by Gasteiger charge is 2.63. The number of alkyl halides is 3. The lowest BCUT2D eigenvalue weighted by molar-refractivity contribution is -0.227. The van der Waals surface area contributed by atoms with Gasteiger partial charge in [-0.05, 0) is 6.42 Å². The van der Waals surface area contributed by atoms with Gasteiger partial charge in [0.15, 0.2) is 5.41 Å². The molecule has 1 saturated heterocycles. The number of nitrogens with one attached hydrogen (secondary N) is 1. The van der Waals surface area contributed by atoms with Gasteiger partial charge < -0.3 is 10.1 Å². The number of aliphatic carboxylic acids is 1. The fourth-order valence-corrected chi connectivity index (χ4v) is 2.97. The average molecular weight is 339 g/mol. The Morgan fingerprint density at radius 3 is 2.62 bits per heavy atom. The van der Waals surface area contributed by atoms with Gasteiger partial charge in [0.05, 0.1) is 0 Å². The van der Waals surface area contributed by atoms with Crippen molar-refractivity contribution in [3.8, 4) is 11.4 Å².